The van der Waals surface area contributed by atoms with Gasteiger partial charge in [0.25, 0.3) is 5.95 Å². The number of carbonyl (C=O) groups is 1. The zero-order chi connectivity index (χ0) is 21.2. The summed E-state index contributed by atoms with van der Waals surface area (Å²) in [4.78, 5) is 19.2. The van der Waals surface area contributed by atoms with Crippen molar-refractivity contribution in [3.8, 4) is 17.6 Å². The van der Waals surface area contributed by atoms with Gasteiger partial charge < -0.3 is 15.2 Å². The van der Waals surface area contributed by atoms with Gasteiger partial charge in [-0.25, -0.2) is 9.67 Å². The molecule has 2 aromatic heterocycles. The Bertz CT molecular complexity index is 1030. The van der Waals surface area contributed by atoms with E-state index < -0.39 is 12.2 Å². The number of alkyl halides is 3. The van der Waals surface area contributed by atoms with Gasteiger partial charge in [0.05, 0.1) is 11.4 Å². The van der Waals surface area contributed by atoms with Crippen molar-refractivity contribution in [3.05, 3.63) is 53.0 Å². The lowest BCUT2D eigenvalue weighted by molar-refractivity contribution is -0.274. The molecule has 0 aliphatic carbocycles. The molecule has 0 radical (unpaired) electrons. The zero-order valence-electron chi connectivity index (χ0n) is 15.4. The van der Waals surface area contributed by atoms with Crippen LogP contribution in [0.15, 0.2) is 30.3 Å². The third kappa shape index (κ3) is 4.81. The first kappa shape index (κ1) is 20.1. The molecule has 0 aliphatic heterocycles. The fourth-order valence-corrected chi connectivity index (χ4v) is 2.74. The van der Waals surface area contributed by atoms with Gasteiger partial charge in [0.1, 0.15) is 11.4 Å². The third-order valence-electron chi connectivity index (χ3n) is 3.88. The van der Waals surface area contributed by atoms with Gasteiger partial charge in [-0.05, 0) is 37.6 Å². The molecule has 3 rings (SSSR count). The minimum atomic E-state index is -4.78. The minimum absolute atomic E-state index is 0.000833. The number of aromatic nitrogens is 4. The highest BCUT2D eigenvalue weighted by molar-refractivity contribution is 5.76. The van der Waals surface area contributed by atoms with E-state index in [2.05, 4.69) is 25.1 Å². The molecule has 2 heterocycles. The Hall–Kier alpha value is -3.63. The number of hydrogen-bond acceptors (Lipinski definition) is 6. The number of benzene rings is 1. The van der Waals surface area contributed by atoms with Crippen LogP contribution in [0, 0.1) is 13.8 Å². The second-order valence-corrected chi connectivity index (χ2v) is 6.14. The molecule has 0 saturated heterocycles. The molecular weight excluding hydrogens is 391 g/mol. The number of hydrogen-bond donors (Lipinski definition) is 2. The predicted octanol–water partition coefficient (Wildman–Crippen LogP) is 3.04. The number of anilines is 1. The molecule has 8 nitrogen and oxygen atoms in total. The van der Waals surface area contributed by atoms with Crippen LogP contribution in [-0.2, 0) is 11.2 Å². The Balaban J connectivity index is 1.96. The van der Waals surface area contributed by atoms with Gasteiger partial charge in [0.2, 0.25) is 12.3 Å². The fourth-order valence-electron chi connectivity index (χ4n) is 2.74. The largest absolute Gasteiger partial charge is 0.573 e. The molecule has 29 heavy (non-hydrogen) atoms. The SMILES string of the molecule is Cc1cc(C)n(-c2nc(O)c(NC=O)c(Cc3ccc(OC(F)(F)F)cc3)n2)n1. The average Bonchev–Trinajstić information content (AvgIpc) is 2.96. The van der Waals surface area contributed by atoms with Crippen LogP contribution >= 0.6 is 0 Å². The van der Waals surface area contributed by atoms with E-state index in [0.717, 1.165) is 11.4 Å². The number of carbonyl (C=O) groups excluding carboxylic acids is 1. The Morgan fingerprint density at radius 2 is 1.90 bits per heavy atom. The summed E-state index contributed by atoms with van der Waals surface area (Å²) in [6.07, 6.45) is -4.31. The predicted molar refractivity (Wildman–Crippen MR) is 95.9 cm³/mol. The molecular formula is C18H16F3N5O3. The number of aromatic hydroxyl groups is 1. The van der Waals surface area contributed by atoms with Gasteiger partial charge >= 0.3 is 6.36 Å². The molecule has 0 spiro atoms. The molecule has 11 heteroatoms. The van der Waals surface area contributed by atoms with E-state index in [-0.39, 0.29) is 29.5 Å². The van der Waals surface area contributed by atoms with Gasteiger partial charge in [-0.3, -0.25) is 4.79 Å². The Morgan fingerprint density at radius 1 is 1.21 bits per heavy atom. The molecule has 1 aromatic carbocycles. The first-order valence-corrected chi connectivity index (χ1v) is 8.34. The maximum atomic E-state index is 12.3. The van der Waals surface area contributed by atoms with Crippen LogP contribution in [0.3, 0.4) is 0 Å². The first-order valence-electron chi connectivity index (χ1n) is 8.34. The summed E-state index contributed by atoms with van der Waals surface area (Å²) in [5, 5.41) is 16.9. The standard InChI is InChI=1S/C18H16F3N5O3/c1-10-7-11(2)26(25-10)17-23-14(15(22-9-27)16(28)24-17)8-12-3-5-13(6-4-12)29-18(19,20)21/h3-7,9H,8H2,1-2H3,(H,22,27)(H,23,24,28). The lowest BCUT2D eigenvalue weighted by atomic mass is 10.1. The smallest absolute Gasteiger partial charge is 0.492 e. The van der Waals surface area contributed by atoms with E-state index in [1.165, 1.54) is 28.9 Å². The van der Waals surface area contributed by atoms with Crippen molar-refractivity contribution in [2.75, 3.05) is 5.32 Å². The number of aryl methyl sites for hydroxylation is 2. The van der Waals surface area contributed by atoms with E-state index in [4.69, 9.17) is 0 Å². The highest BCUT2D eigenvalue weighted by Crippen LogP contribution is 2.28. The highest BCUT2D eigenvalue weighted by Gasteiger charge is 2.31. The second kappa shape index (κ2) is 7.78. The van der Waals surface area contributed by atoms with Crippen molar-refractivity contribution in [1.29, 1.82) is 0 Å². The summed E-state index contributed by atoms with van der Waals surface area (Å²) in [6.45, 7) is 3.58. The van der Waals surface area contributed by atoms with Gasteiger partial charge in [-0.15, -0.1) is 13.2 Å². The topological polar surface area (TPSA) is 102 Å². The Kier molecular flexibility index (Phi) is 5.39. The van der Waals surface area contributed by atoms with Crippen molar-refractivity contribution in [1.82, 2.24) is 19.7 Å². The van der Waals surface area contributed by atoms with Crippen LogP contribution in [0.4, 0.5) is 18.9 Å². The Morgan fingerprint density at radius 3 is 2.45 bits per heavy atom. The molecule has 1 amide bonds. The van der Waals surface area contributed by atoms with Crippen molar-refractivity contribution < 1.29 is 27.8 Å². The number of nitrogens with one attached hydrogen (secondary N) is 1. The minimum Gasteiger partial charge on any atom is -0.492 e. The van der Waals surface area contributed by atoms with Gasteiger partial charge in [-0.1, -0.05) is 12.1 Å². The molecule has 0 fully saturated rings. The maximum Gasteiger partial charge on any atom is 0.573 e. The lowest BCUT2D eigenvalue weighted by Crippen LogP contribution is -2.17. The molecule has 0 atom stereocenters. The van der Waals surface area contributed by atoms with Crippen molar-refractivity contribution in [3.63, 3.8) is 0 Å². The van der Waals surface area contributed by atoms with Crippen LogP contribution in [0.5, 0.6) is 11.6 Å². The summed E-state index contributed by atoms with van der Waals surface area (Å²) in [7, 11) is 0. The monoisotopic (exact) mass is 407 g/mol. The van der Waals surface area contributed by atoms with Crippen molar-refractivity contribution in [2.24, 2.45) is 0 Å². The van der Waals surface area contributed by atoms with Crippen LogP contribution < -0.4 is 10.1 Å². The molecule has 0 bridgehead atoms. The lowest BCUT2D eigenvalue weighted by Gasteiger charge is -2.13. The second-order valence-electron chi connectivity index (χ2n) is 6.14. The number of halogens is 3. The van der Waals surface area contributed by atoms with Crippen LogP contribution in [-0.4, -0.2) is 37.6 Å². The van der Waals surface area contributed by atoms with Gasteiger partial charge in [-0.2, -0.15) is 10.1 Å². The molecule has 0 saturated carbocycles. The van der Waals surface area contributed by atoms with Crippen LogP contribution in [0.25, 0.3) is 5.95 Å². The molecule has 0 aliphatic rings. The quantitative estimate of drug-likeness (QED) is 0.609. The normalized spacial score (nSPS) is 11.3. The highest BCUT2D eigenvalue weighted by atomic mass is 19.4. The van der Waals surface area contributed by atoms with E-state index in [9.17, 15) is 23.1 Å². The van der Waals surface area contributed by atoms with Crippen molar-refractivity contribution >= 4 is 12.1 Å². The average molecular weight is 407 g/mol. The fraction of sp³-hybridized carbons (Fsp3) is 0.222. The molecule has 2 N–H and O–H groups in total. The first-order chi connectivity index (χ1) is 13.7. The van der Waals surface area contributed by atoms with E-state index >= 15 is 0 Å². The summed E-state index contributed by atoms with van der Waals surface area (Å²) >= 11 is 0. The van der Waals surface area contributed by atoms with Crippen LogP contribution in [0.2, 0.25) is 0 Å². The summed E-state index contributed by atoms with van der Waals surface area (Å²) in [5.74, 6) is -0.723. The number of amides is 1. The summed E-state index contributed by atoms with van der Waals surface area (Å²) in [5.41, 5.74) is 2.29. The van der Waals surface area contributed by atoms with E-state index in [0.29, 0.717) is 12.0 Å². The molecule has 152 valence electrons. The Labute approximate surface area is 163 Å². The zero-order valence-corrected chi connectivity index (χ0v) is 15.4. The van der Waals surface area contributed by atoms with Gasteiger partial charge in [0.15, 0.2) is 0 Å². The maximum absolute atomic E-state index is 12.3. The summed E-state index contributed by atoms with van der Waals surface area (Å²) in [6, 6.07) is 6.98. The number of ether oxygens (including phenoxy) is 1. The van der Waals surface area contributed by atoms with E-state index in [1.807, 2.05) is 0 Å². The molecule has 0 unspecified atom stereocenters. The van der Waals surface area contributed by atoms with Crippen molar-refractivity contribution in [2.45, 2.75) is 26.6 Å². The number of rotatable bonds is 6. The third-order valence-corrected chi connectivity index (χ3v) is 3.88. The summed E-state index contributed by atoms with van der Waals surface area (Å²) < 4.78 is 42.2. The molecule has 3 aromatic rings. The van der Waals surface area contributed by atoms with Crippen LogP contribution in [0.1, 0.15) is 22.6 Å². The van der Waals surface area contributed by atoms with E-state index in [1.54, 1.807) is 19.9 Å². The van der Waals surface area contributed by atoms with Gasteiger partial charge in [0, 0.05) is 12.1 Å². The number of nitrogens with zero attached hydrogens (tertiary/aromatic N) is 4.